The maximum absolute atomic E-state index is 12.1. The Labute approximate surface area is 112 Å². The molecule has 1 saturated carbocycles. The number of hydrogen-bond donors (Lipinski definition) is 3. The van der Waals surface area contributed by atoms with Crippen molar-refractivity contribution in [1.82, 2.24) is 15.6 Å². The summed E-state index contributed by atoms with van der Waals surface area (Å²) < 4.78 is 5.38. The second kappa shape index (κ2) is 6.31. The van der Waals surface area contributed by atoms with Crippen molar-refractivity contribution < 1.29 is 14.3 Å². The van der Waals surface area contributed by atoms with Gasteiger partial charge in [0.05, 0.1) is 13.2 Å². The molecule has 4 N–H and O–H groups in total. The van der Waals surface area contributed by atoms with Gasteiger partial charge in [0, 0.05) is 25.0 Å². The molecule has 0 aromatic rings. The molecule has 108 valence electrons. The standard InChI is InChI=1S/C12H22N4O3/c1-8(11(17)15-13)6-16-4-5-19-7-10(16)12(18)14-9-2-3-9/h8-10H,2-7,13H2,1H3,(H,14,18)(H,15,17). The summed E-state index contributed by atoms with van der Waals surface area (Å²) in [5, 5.41) is 2.98. The summed E-state index contributed by atoms with van der Waals surface area (Å²) in [6, 6.07) is 0.0309. The van der Waals surface area contributed by atoms with Crippen LogP contribution in [0.2, 0.25) is 0 Å². The van der Waals surface area contributed by atoms with E-state index in [1.807, 2.05) is 4.90 Å². The second-order valence-electron chi connectivity index (χ2n) is 5.28. The van der Waals surface area contributed by atoms with E-state index in [4.69, 9.17) is 10.6 Å². The summed E-state index contributed by atoms with van der Waals surface area (Å²) in [5.74, 6) is 4.66. The van der Waals surface area contributed by atoms with E-state index < -0.39 is 0 Å². The number of nitrogens with two attached hydrogens (primary N) is 1. The largest absolute Gasteiger partial charge is 0.378 e. The van der Waals surface area contributed by atoms with Gasteiger partial charge in [0.15, 0.2) is 0 Å². The Morgan fingerprint density at radius 3 is 2.84 bits per heavy atom. The SMILES string of the molecule is CC(CN1CCOCC1C(=O)NC1CC1)C(=O)NN. The highest BCUT2D eigenvalue weighted by atomic mass is 16.5. The number of hydrogen-bond acceptors (Lipinski definition) is 5. The molecule has 2 unspecified atom stereocenters. The zero-order chi connectivity index (χ0) is 13.8. The summed E-state index contributed by atoms with van der Waals surface area (Å²) in [5.41, 5.74) is 2.14. The maximum atomic E-state index is 12.1. The zero-order valence-electron chi connectivity index (χ0n) is 11.2. The molecule has 2 amide bonds. The minimum absolute atomic E-state index is 0.00237. The Hall–Kier alpha value is -1.18. The highest BCUT2D eigenvalue weighted by Crippen LogP contribution is 2.20. The lowest BCUT2D eigenvalue weighted by molar-refractivity contribution is -0.135. The number of ether oxygens (including phenoxy) is 1. The van der Waals surface area contributed by atoms with Crippen molar-refractivity contribution in [3.8, 4) is 0 Å². The molecule has 0 radical (unpaired) electrons. The van der Waals surface area contributed by atoms with Crippen molar-refractivity contribution in [2.75, 3.05) is 26.3 Å². The van der Waals surface area contributed by atoms with E-state index >= 15 is 0 Å². The van der Waals surface area contributed by atoms with Crippen LogP contribution in [-0.2, 0) is 14.3 Å². The van der Waals surface area contributed by atoms with Gasteiger partial charge in [-0.3, -0.25) is 19.9 Å². The van der Waals surface area contributed by atoms with Crippen molar-refractivity contribution >= 4 is 11.8 Å². The van der Waals surface area contributed by atoms with Gasteiger partial charge >= 0.3 is 0 Å². The molecule has 2 atom stereocenters. The fraction of sp³-hybridized carbons (Fsp3) is 0.833. The number of amides is 2. The van der Waals surface area contributed by atoms with Gasteiger partial charge in [-0.05, 0) is 12.8 Å². The molecule has 7 heteroatoms. The van der Waals surface area contributed by atoms with Crippen LogP contribution in [0.4, 0.5) is 0 Å². The van der Waals surface area contributed by atoms with Crippen LogP contribution in [0.5, 0.6) is 0 Å². The van der Waals surface area contributed by atoms with Gasteiger partial charge in [0.25, 0.3) is 0 Å². The molecule has 1 aliphatic carbocycles. The van der Waals surface area contributed by atoms with Crippen LogP contribution in [0.3, 0.4) is 0 Å². The van der Waals surface area contributed by atoms with E-state index in [2.05, 4.69) is 10.7 Å². The number of morpholine rings is 1. The van der Waals surface area contributed by atoms with Crippen molar-refractivity contribution in [3.63, 3.8) is 0 Å². The molecule has 0 aromatic heterocycles. The van der Waals surface area contributed by atoms with Crippen LogP contribution in [0.25, 0.3) is 0 Å². The van der Waals surface area contributed by atoms with Crippen molar-refractivity contribution in [2.45, 2.75) is 31.8 Å². The Morgan fingerprint density at radius 2 is 2.21 bits per heavy atom. The minimum Gasteiger partial charge on any atom is -0.378 e. The van der Waals surface area contributed by atoms with Crippen molar-refractivity contribution in [3.05, 3.63) is 0 Å². The molecule has 0 bridgehead atoms. The van der Waals surface area contributed by atoms with E-state index in [1.165, 1.54) is 0 Å². The lowest BCUT2D eigenvalue weighted by Crippen LogP contribution is -2.56. The van der Waals surface area contributed by atoms with Crippen LogP contribution in [0.1, 0.15) is 19.8 Å². The van der Waals surface area contributed by atoms with E-state index in [-0.39, 0.29) is 23.8 Å². The van der Waals surface area contributed by atoms with Gasteiger partial charge in [-0.1, -0.05) is 6.92 Å². The number of carbonyl (C=O) groups excluding carboxylic acids is 2. The van der Waals surface area contributed by atoms with Gasteiger partial charge in [-0.2, -0.15) is 0 Å². The normalized spacial score (nSPS) is 25.7. The third-order valence-electron chi connectivity index (χ3n) is 3.56. The third kappa shape index (κ3) is 3.89. The Morgan fingerprint density at radius 1 is 1.47 bits per heavy atom. The first kappa shape index (κ1) is 14.2. The molecule has 2 aliphatic rings. The molecule has 1 aliphatic heterocycles. The Kier molecular flexibility index (Phi) is 4.73. The summed E-state index contributed by atoms with van der Waals surface area (Å²) in [4.78, 5) is 25.6. The number of carbonyl (C=O) groups is 2. The first-order valence-electron chi connectivity index (χ1n) is 6.74. The summed E-state index contributed by atoms with van der Waals surface area (Å²) in [7, 11) is 0. The smallest absolute Gasteiger partial charge is 0.239 e. The monoisotopic (exact) mass is 270 g/mol. The quantitative estimate of drug-likeness (QED) is 0.324. The minimum atomic E-state index is -0.303. The fourth-order valence-corrected chi connectivity index (χ4v) is 2.20. The lowest BCUT2D eigenvalue weighted by atomic mass is 10.1. The zero-order valence-corrected chi connectivity index (χ0v) is 11.2. The van der Waals surface area contributed by atoms with Gasteiger partial charge in [0.1, 0.15) is 6.04 Å². The Balaban J connectivity index is 1.90. The van der Waals surface area contributed by atoms with E-state index in [9.17, 15) is 9.59 Å². The van der Waals surface area contributed by atoms with Crippen LogP contribution in [0.15, 0.2) is 0 Å². The topological polar surface area (TPSA) is 96.7 Å². The highest BCUT2D eigenvalue weighted by Gasteiger charge is 2.34. The predicted octanol–water partition coefficient (Wildman–Crippen LogP) is -1.41. The van der Waals surface area contributed by atoms with Gasteiger partial charge in [-0.15, -0.1) is 0 Å². The molecular formula is C12H22N4O3. The average Bonchev–Trinajstić information content (AvgIpc) is 3.22. The van der Waals surface area contributed by atoms with E-state index in [1.54, 1.807) is 6.92 Å². The lowest BCUT2D eigenvalue weighted by Gasteiger charge is -2.35. The van der Waals surface area contributed by atoms with Crippen LogP contribution < -0.4 is 16.6 Å². The maximum Gasteiger partial charge on any atom is 0.239 e. The molecule has 19 heavy (non-hydrogen) atoms. The molecule has 1 heterocycles. The summed E-state index contributed by atoms with van der Waals surface area (Å²) in [6.07, 6.45) is 2.12. The average molecular weight is 270 g/mol. The molecule has 7 nitrogen and oxygen atoms in total. The molecule has 2 fully saturated rings. The highest BCUT2D eigenvalue weighted by molar-refractivity contribution is 5.83. The van der Waals surface area contributed by atoms with Gasteiger partial charge in [-0.25, -0.2) is 5.84 Å². The molecular weight excluding hydrogens is 248 g/mol. The fourth-order valence-electron chi connectivity index (χ4n) is 2.20. The van der Waals surface area contributed by atoms with Crippen LogP contribution >= 0.6 is 0 Å². The number of rotatable bonds is 5. The third-order valence-corrected chi connectivity index (χ3v) is 3.56. The Bertz CT molecular complexity index is 346. The molecule has 0 spiro atoms. The second-order valence-corrected chi connectivity index (χ2v) is 5.28. The summed E-state index contributed by atoms with van der Waals surface area (Å²) >= 11 is 0. The van der Waals surface area contributed by atoms with Crippen molar-refractivity contribution in [1.29, 1.82) is 0 Å². The predicted molar refractivity (Wildman–Crippen MR) is 68.8 cm³/mol. The van der Waals surface area contributed by atoms with Crippen molar-refractivity contribution in [2.24, 2.45) is 11.8 Å². The number of hydrazine groups is 1. The van der Waals surface area contributed by atoms with Crippen LogP contribution in [-0.4, -0.2) is 55.1 Å². The molecule has 0 aromatic carbocycles. The van der Waals surface area contributed by atoms with E-state index in [0.717, 1.165) is 12.8 Å². The van der Waals surface area contributed by atoms with Gasteiger partial charge < -0.3 is 10.1 Å². The van der Waals surface area contributed by atoms with Gasteiger partial charge in [0.2, 0.25) is 11.8 Å². The summed E-state index contributed by atoms with van der Waals surface area (Å²) in [6.45, 7) is 3.94. The van der Waals surface area contributed by atoms with Crippen LogP contribution in [0, 0.1) is 5.92 Å². The first-order valence-corrected chi connectivity index (χ1v) is 6.74. The number of nitrogens with one attached hydrogen (secondary N) is 2. The number of nitrogens with zero attached hydrogens (tertiary/aromatic N) is 1. The first-order chi connectivity index (χ1) is 9.11. The van der Waals surface area contributed by atoms with E-state index in [0.29, 0.717) is 32.3 Å². The molecule has 1 saturated heterocycles. The molecule has 2 rings (SSSR count).